The summed E-state index contributed by atoms with van der Waals surface area (Å²) in [7, 11) is -4.33. The molecule has 1 saturated carbocycles. The van der Waals surface area contributed by atoms with E-state index in [1.807, 2.05) is 17.1 Å². The highest BCUT2D eigenvalue weighted by Crippen LogP contribution is 2.46. The van der Waals surface area contributed by atoms with Crippen molar-refractivity contribution < 1.29 is 27.5 Å². The Morgan fingerprint density at radius 3 is 2.47 bits per heavy atom. The highest BCUT2D eigenvalue weighted by atomic mass is 35.5. The number of amides is 3. The number of benzene rings is 1. The van der Waals surface area contributed by atoms with Crippen LogP contribution in [0.3, 0.4) is 0 Å². The van der Waals surface area contributed by atoms with Crippen LogP contribution >= 0.6 is 23.2 Å². The van der Waals surface area contributed by atoms with Crippen LogP contribution < -0.4 is 15.4 Å². The summed E-state index contributed by atoms with van der Waals surface area (Å²) in [5.74, 6) is -1.61. The van der Waals surface area contributed by atoms with Gasteiger partial charge in [-0.1, -0.05) is 54.8 Å². The first kappa shape index (κ1) is 33.1. The molecule has 3 aliphatic rings. The average Bonchev–Trinajstić information content (AvgIpc) is 3.34. The third-order valence-electron chi connectivity index (χ3n) is 7.89. The zero-order valence-corrected chi connectivity index (χ0v) is 27.1. The first-order valence-corrected chi connectivity index (χ1v) is 16.8. The molecule has 10 nitrogen and oxygen atoms in total. The molecule has 2 aliphatic heterocycles. The summed E-state index contributed by atoms with van der Waals surface area (Å²) in [6.45, 7) is 10.2. The van der Waals surface area contributed by atoms with E-state index in [0.717, 1.165) is 25.7 Å². The minimum Gasteiger partial charge on any atom is -0.444 e. The second-order valence-electron chi connectivity index (χ2n) is 12.4. The van der Waals surface area contributed by atoms with Crippen LogP contribution in [0, 0.1) is 5.92 Å². The standard InChI is InChI=1S/C30H40Cl2N4O6S/c1-19-24(33-28(39)42-29(2,3)4)12-9-7-5-6-8-11-20-18-30(20,34-26(37)25-13-10-14-36(19)25)27(38)35-43(40,41)23-16-21(31)15-22(32)17-23/h8,11,15-17,20,24-25H,1,5-7,9-10,12-14,18H2,2-4H3,(H,33,39)(H,34,37)(H,35,38)/b11-8-/t20-,24+,25+,30-/m1/s1. The number of hydrogen-bond acceptors (Lipinski definition) is 7. The maximum atomic E-state index is 13.8. The van der Waals surface area contributed by atoms with Gasteiger partial charge in [0.15, 0.2) is 0 Å². The van der Waals surface area contributed by atoms with Crippen LogP contribution in [0.1, 0.15) is 72.1 Å². The molecule has 0 radical (unpaired) electrons. The Labute approximate surface area is 263 Å². The van der Waals surface area contributed by atoms with E-state index in [4.69, 9.17) is 27.9 Å². The lowest BCUT2D eigenvalue weighted by Gasteiger charge is -2.34. The summed E-state index contributed by atoms with van der Waals surface area (Å²) in [4.78, 5) is 41.7. The largest absolute Gasteiger partial charge is 0.444 e. The predicted molar refractivity (Wildman–Crippen MR) is 165 cm³/mol. The molecule has 3 N–H and O–H groups in total. The molecule has 2 heterocycles. The zero-order chi connectivity index (χ0) is 31.6. The van der Waals surface area contributed by atoms with Crippen LogP contribution in [0.15, 0.2) is 47.5 Å². The van der Waals surface area contributed by atoms with Gasteiger partial charge in [-0.15, -0.1) is 0 Å². The molecule has 3 amide bonds. The Morgan fingerprint density at radius 1 is 1.09 bits per heavy atom. The molecule has 236 valence electrons. The van der Waals surface area contributed by atoms with Gasteiger partial charge in [-0.2, -0.15) is 0 Å². The molecular formula is C30H40Cl2N4O6S. The van der Waals surface area contributed by atoms with Crippen molar-refractivity contribution in [1.29, 1.82) is 0 Å². The maximum absolute atomic E-state index is 13.8. The Hall–Kier alpha value is -2.76. The summed E-state index contributed by atoms with van der Waals surface area (Å²) < 4.78 is 33.9. The number of alkyl carbamates (subject to hydrolysis) is 1. The van der Waals surface area contributed by atoms with Gasteiger partial charge in [0.2, 0.25) is 5.91 Å². The van der Waals surface area contributed by atoms with E-state index in [0.29, 0.717) is 31.5 Å². The number of nitrogens with one attached hydrogen (secondary N) is 3. The van der Waals surface area contributed by atoms with Gasteiger partial charge < -0.3 is 20.3 Å². The van der Waals surface area contributed by atoms with Gasteiger partial charge in [-0.05, 0) is 77.5 Å². The van der Waals surface area contributed by atoms with Crippen molar-refractivity contribution in [2.45, 2.75) is 100 Å². The minimum atomic E-state index is -4.33. The zero-order valence-electron chi connectivity index (χ0n) is 24.8. The van der Waals surface area contributed by atoms with Crippen molar-refractivity contribution >= 4 is 51.1 Å². The van der Waals surface area contributed by atoms with Crippen molar-refractivity contribution in [3.63, 3.8) is 0 Å². The molecule has 4 rings (SSSR count). The first-order chi connectivity index (χ1) is 20.1. The number of carbonyl (C=O) groups is 3. The van der Waals surface area contributed by atoms with Crippen molar-refractivity contribution in [2.75, 3.05) is 6.54 Å². The Morgan fingerprint density at radius 2 is 1.79 bits per heavy atom. The number of hydrogen-bond donors (Lipinski definition) is 3. The third kappa shape index (κ3) is 8.25. The smallest absolute Gasteiger partial charge is 0.408 e. The fourth-order valence-corrected chi connectivity index (χ4v) is 7.41. The van der Waals surface area contributed by atoms with Crippen molar-refractivity contribution in [3.8, 4) is 0 Å². The summed E-state index contributed by atoms with van der Waals surface area (Å²) in [6.07, 6.45) is 8.77. The lowest BCUT2D eigenvalue weighted by molar-refractivity contribution is -0.131. The number of sulfonamides is 1. The molecule has 1 saturated heterocycles. The molecule has 0 spiro atoms. The van der Waals surface area contributed by atoms with Crippen LogP contribution in [-0.2, 0) is 24.3 Å². The molecule has 0 bridgehead atoms. The van der Waals surface area contributed by atoms with Gasteiger partial charge in [0.1, 0.15) is 17.2 Å². The van der Waals surface area contributed by atoms with Gasteiger partial charge in [0.25, 0.3) is 15.9 Å². The lowest BCUT2D eigenvalue weighted by Crippen LogP contribution is -2.56. The number of rotatable bonds is 4. The van der Waals surface area contributed by atoms with E-state index in [9.17, 15) is 22.8 Å². The predicted octanol–water partition coefficient (Wildman–Crippen LogP) is 5.06. The average molecular weight is 656 g/mol. The highest BCUT2D eigenvalue weighted by molar-refractivity contribution is 7.90. The number of ether oxygens (including phenoxy) is 1. The monoisotopic (exact) mass is 654 g/mol. The van der Waals surface area contributed by atoms with Gasteiger partial charge in [0, 0.05) is 28.2 Å². The van der Waals surface area contributed by atoms with Crippen molar-refractivity contribution in [3.05, 3.63) is 52.7 Å². The third-order valence-corrected chi connectivity index (χ3v) is 9.64. The quantitative estimate of drug-likeness (QED) is 0.386. The number of fused-ring (bicyclic) bond motifs is 2. The van der Waals surface area contributed by atoms with Gasteiger partial charge in [0.05, 0.1) is 10.9 Å². The SMILES string of the molecule is C=C1[C@@H](NC(=O)OC(C)(C)C)CCCCC/C=C\[C@@H]2C[C@@]2(C(=O)NS(=O)(=O)c2cc(Cl)cc(Cl)c2)NC(=O)[C@@H]2CCCN12. The molecule has 4 atom stereocenters. The molecule has 0 aromatic heterocycles. The molecule has 0 unspecified atom stereocenters. The number of halogens is 2. The molecule has 1 aromatic rings. The van der Waals surface area contributed by atoms with E-state index >= 15 is 0 Å². The van der Waals surface area contributed by atoms with Crippen molar-refractivity contribution in [1.82, 2.24) is 20.3 Å². The normalized spacial score (nSPS) is 27.5. The van der Waals surface area contributed by atoms with Crippen LogP contribution in [0.25, 0.3) is 0 Å². The second-order valence-corrected chi connectivity index (χ2v) is 15.0. The highest BCUT2D eigenvalue weighted by Gasteiger charge is 2.61. The van der Waals surface area contributed by atoms with E-state index < -0.39 is 51.2 Å². The Balaban J connectivity index is 1.57. The Bertz CT molecular complexity index is 1390. The fourth-order valence-electron chi connectivity index (χ4n) is 5.64. The van der Waals surface area contributed by atoms with Gasteiger partial charge in [-0.25, -0.2) is 17.9 Å². The van der Waals surface area contributed by atoms with Gasteiger partial charge >= 0.3 is 6.09 Å². The molecule has 43 heavy (non-hydrogen) atoms. The summed E-state index contributed by atoms with van der Waals surface area (Å²) in [5, 5.41) is 6.05. The molecule has 13 heteroatoms. The number of nitrogens with zero attached hydrogens (tertiary/aromatic N) is 1. The van der Waals surface area contributed by atoms with Crippen LogP contribution in [-0.4, -0.2) is 61.0 Å². The summed E-state index contributed by atoms with van der Waals surface area (Å²) in [6, 6.07) is 2.70. The summed E-state index contributed by atoms with van der Waals surface area (Å²) >= 11 is 12.0. The van der Waals surface area contributed by atoms with E-state index in [-0.39, 0.29) is 27.3 Å². The lowest BCUT2D eigenvalue weighted by atomic mass is 10.0. The maximum Gasteiger partial charge on any atom is 0.408 e. The van der Waals surface area contributed by atoms with E-state index in [1.165, 1.54) is 18.2 Å². The van der Waals surface area contributed by atoms with E-state index in [1.54, 1.807) is 20.8 Å². The second kappa shape index (κ2) is 13.1. The molecule has 1 aliphatic carbocycles. The fraction of sp³-hybridized carbons (Fsp3) is 0.567. The summed E-state index contributed by atoms with van der Waals surface area (Å²) in [5.41, 5.74) is -1.51. The topological polar surface area (TPSA) is 134 Å². The van der Waals surface area contributed by atoms with Crippen LogP contribution in [0.2, 0.25) is 10.0 Å². The van der Waals surface area contributed by atoms with Gasteiger partial charge in [-0.3, -0.25) is 9.59 Å². The number of carbonyl (C=O) groups excluding carboxylic acids is 3. The van der Waals surface area contributed by atoms with E-state index in [2.05, 4.69) is 21.9 Å². The molecular weight excluding hydrogens is 615 g/mol. The van der Waals surface area contributed by atoms with Crippen molar-refractivity contribution in [2.24, 2.45) is 5.92 Å². The van der Waals surface area contributed by atoms with Crippen LogP contribution in [0.4, 0.5) is 4.79 Å². The Kier molecular flexibility index (Phi) is 10.1. The number of allylic oxidation sites excluding steroid dienone is 1. The first-order valence-electron chi connectivity index (χ1n) is 14.6. The molecule has 1 aromatic carbocycles. The minimum absolute atomic E-state index is 0.106. The van der Waals surface area contributed by atoms with Crippen LogP contribution in [0.5, 0.6) is 0 Å². The molecule has 2 fully saturated rings.